The van der Waals surface area contributed by atoms with Crippen LogP contribution in [0, 0.1) is 7.14 Å². The maximum atomic E-state index is 12.2. The summed E-state index contributed by atoms with van der Waals surface area (Å²) in [6.07, 6.45) is 0. The summed E-state index contributed by atoms with van der Waals surface area (Å²) < 4.78 is 12.9. The van der Waals surface area contributed by atoms with Crippen LogP contribution < -0.4 is 25.8 Å². The summed E-state index contributed by atoms with van der Waals surface area (Å²) in [5.41, 5.74) is 10.3. The number of urea groups is 1. The van der Waals surface area contributed by atoms with Crippen molar-refractivity contribution in [2.24, 2.45) is 0 Å². The van der Waals surface area contributed by atoms with Gasteiger partial charge in [-0.25, -0.2) is 4.79 Å². The summed E-state index contributed by atoms with van der Waals surface area (Å²) >= 11 is 4.47. The molecular formula is C29H37I2N3O3. The Balaban J connectivity index is 0.000000294. The molecule has 3 aromatic carbocycles. The third-order valence-electron chi connectivity index (χ3n) is 5.42. The van der Waals surface area contributed by atoms with Crippen LogP contribution in [0.3, 0.4) is 0 Å². The smallest absolute Gasteiger partial charge is 0.323 e. The lowest BCUT2D eigenvalue weighted by Gasteiger charge is -2.24. The van der Waals surface area contributed by atoms with E-state index < -0.39 is 0 Å². The van der Waals surface area contributed by atoms with Crippen LogP contribution >= 0.6 is 45.2 Å². The van der Waals surface area contributed by atoms with Gasteiger partial charge in [0.05, 0.1) is 21.4 Å². The minimum atomic E-state index is -0.267. The second-order valence-corrected chi connectivity index (χ2v) is 12.9. The normalized spacial score (nSPS) is 11.2. The van der Waals surface area contributed by atoms with Crippen LogP contribution in [0.4, 0.5) is 21.9 Å². The molecule has 3 rings (SSSR count). The minimum absolute atomic E-state index is 0.0562. The van der Waals surface area contributed by atoms with Gasteiger partial charge in [-0.15, -0.1) is 0 Å². The Kier molecular flexibility index (Phi) is 10.9. The van der Waals surface area contributed by atoms with Crippen molar-refractivity contribution in [3.63, 3.8) is 0 Å². The Morgan fingerprint density at radius 1 is 0.730 bits per heavy atom. The van der Waals surface area contributed by atoms with E-state index in [-0.39, 0.29) is 16.9 Å². The van der Waals surface area contributed by atoms with Gasteiger partial charge in [-0.05, 0) is 92.4 Å². The lowest BCUT2D eigenvalue weighted by molar-refractivity contribution is 0.262. The molecule has 0 spiro atoms. The number of hydrogen-bond donors (Lipinski definition) is 3. The van der Waals surface area contributed by atoms with E-state index in [1.807, 2.05) is 54.6 Å². The molecule has 0 aliphatic carbocycles. The lowest BCUT2D eigenvalue weighted by Crippen LogP contribution is -2.20. The second-order valence-electron chi connectivity index (χ2n) is 10.6. The molecule has 4 N–H and O–H groups in total. The number of amides is 2. The average molecular weight is 729 g/mol. The van der Waals surface area contributed by atoms with Crippen molar-refractivity contribution >= 4 is 68.3 Å². The predicted octanol–water partition coefficient (Wildman–Crippen LogP) is 8.42. The largest absolute Gasteiger partial charge is 0.495 e. The Morgan fingerprint density at radius 3 is 1.68 bits per heavy atom. The quantitative estimate of drug-likeness (QED) is 0.186. The van der Waals surface area contributed by atoms with Crippen molar-refractivity contribution in [3.05, 3.63) is 72.9 Å². The van der Waals surface area contributed by atoms with Crippen LogP contribution in [0.5, 0.6) is 11.5 Å². The number of anilines is 3. The van der Waals surface area contributed by atoms with Crippen LogP contribution in [-0.4, -0.2) is 20.3 Å². The van der Waals surface area contributed by atoms with Gasteiger partial charge < -0.3 is 25.8 Å². The van der Waals surface area contributed by atoms with Crippen LogP contribution in [0.2, 0.25) is 0 Å². The van der Waals surface area contributed by atoms with E-state index in [0.717, 1.165) is 46.8 Å². The molecule has 0 saturated heterocycles. The van der Waals surface area contributed by atoms with E-state index in [1.54, 1.807) is 14.2 Å². The Bertz CT molecular complexity index is 1220. The number of halogens is 2. The van der Waals surface area contributed by atoms with Gasteiger partial charge in [0.25, 0.3) is 0 Å². The maximum Gasteiger partial charge on any atom is 0.323 e. The highest BCUT2D eigenvalue weighted by molar-refractivity contribution is 14.1. The fourth-order valence-electron chi connectivity index (χ4n) is 3.62. The first-order chi connectivity index (χ1) is 17.2. The van der Waals surface area contributed by atoms with Gasteiger partial charge in [0.15, 0.2) is 0 Å². The number of nitrogens with one attached hydrogen (secondary N) is 2. The number of para-hydroxylation sites is 1. The molecule has 37 heavy (non-hydrogen) atoms. The van der Waals surface area contributed by atoms with Gasteiger partial charge in [0.2, 0.25) is 0 Å². The molecular weight excluding hydrogens is 692 g/mol. The van der Waals surface area contributed by atoms with Crippen LogP contribution in [0.1, 0.15) is 52.7 Å². The number of nitrogen functional groups attached to an aromatic ring is 1. The molecule has 0 aliphatic heterocycles. The number of hydrogen-bond acceptors (Lipinski definition) is 4. The Hall–Kier alpha value is -2.21. The maximum absolute atomic E-state index is 12.2. The third kappa shape index (κ3) is 8.94. The summed E-state index contributed by atoms with van der Waals surface area (Å²) in [5, 5.41) is 5.70. The zero-order valence-corrected chi connectivity index (χ0v) is 27.1. The van der Waals surface area contributed by atoms with Gasteiger partial charge in [0.1, 0.15) is 11.5 Å². The highest BCUT2D eigenvalue weighted by Crippen LogP contribution is 2.38. The number of methoxy groups -OCH3 is 2. The molecule has 0 unspecified atom stereocenters. The van der Waals surface area contributed by atoms with Gasteiger partial charge in [-0.1, -0.05) is 59.7 Å². The molecule has 0 aliphatic rings. The van der Waals surface area contributed by atoms with Gasteiger partial charge in [0, 0.05) is 28.2 Å². The molecule has 6 nitrogen and oxygen atoms in total. The number of ether oxygens (including phenoxy) is 2. The summed E-state index contributed by atoms with van der Waals surface area (Å²) in [4.78, 5) is 12.2. The van der Waals surface area contributed by atoms with Crippen molar-refractivity contribution in [1.82, 2.24) is 0 Å². The summed E-state index contributed by atoms with van der Waals surface area (Å²) in [6.45, 7) is 12.8. The Morgan fingerprint density at radius 2 is 1.19 bits per heavy atom. The first-order valence-corrected chi connectivity index (χ1v) is 14.0. The van der Waals surface area contributed by atoms with Crippen molar-refractivity contribution in [3.8, 4) is 11.5 Å². The lowest BCUT2D eigenvalue weighted by atomic mass is 9.86. The van der Waals surface area contributed by atoms with Gasteiger partial charge in [-0.3, -0.25) is 0 Å². The molecule has 3 aromatic rings. The summed E-state index contributed by atoms with van der Waals surface area (Å²) in [5.74, 6) is 1.79. The molecule has 0 bridgehead atoms. The number of benzene rings is 3. The standard InChI is InChI=1S/C18H21IN2O2.C11H16INO/c1-18(2,3)14-10-13(11-15(19)16(14)23-4)21-17(22)20-12-8-6-5-7-9-12;1-11(2,3)8-5-7(13)6-9(12)10(8)14-4/h5-11H,1-4H3,(H2,20,21,22);5-6H,13H2,1-4H3. The van der Waals surface area contributed by atoms with E-state index >= 15 is 0 Å². The molecule has 2 amide bonds. The monoisotopic (exact) mass is 729 g/mol. The second kappa shape index (κ2) is 13.0. The van der Waals surface area contributed by atoms with E-state index in [2.05, 4.69) is 97.4 Å². The van der Waals surface area contributed by atoms with E-state index in [4.69, 9.17) is 15.2 Å². The molecule has 0 aromatic heterocycles. The van der Waals surface area contributed by atoms with E-state index in [9.17, 15) is 4.79 Å². The Labute approximate surface area is 248 Å². The average Bonchev–Trinajstić information content (AvgIpc) is 2.78. The topological polar surface area (TPSA) is 85.6 Å². The van der Waals surface area contributed by atoms with Crippen LogP contribution in [0.25, 0.3) is 0 Å². The highest BCUT2D eigenvalue weighted by atomic mass is 127. The van der Waals surface area contributed by atoms with Crippen molar-refractivity contribution in [1.29, 1.82) is 0 Å². The fraction of sp³-hybridized carbons (Fsp3) is 0.345. The number of carbonyl (C=O) groups excluding carboxylic acids is 1. The first kappa shape index (κ1) is 31.0. The molecule has 0 fully saturated rings. The molecule has 0 atom stereocenters. The summed E-state index contributed by atoms with van der Waals surface area (Å²) in [6, 6.07) is 16.9. The van der Waals surface area contributed by atoms with E-state index in [0.29, 0.717) is 0 Å². The third-order valence-corrected chi connectivity index (χ3v) is 7.03. The minimum Gasteiger partial charge on any atom is -0.495 e. The SMILES string of the molecule is COc1c(I)cc(N)cc1C(C)(C)C.COc1c(I)cc(NC(=O)Nc2ccccc2)cc1C(C)(C)C. The van der Waals surface area contributed by atoms with Crippen molar-refractivity contribution in [2.45, 2.75) is 52.4 Å². The zero-order chi connectivity index (χ0) is 28.0. The highest BCUT2D eigenvalue weighted by Gasteiger charge is 2.23. The van der Waals surface area contributed by atoms with Crippen molar-refractivity contribution in [2.75, 3.05) is 30.6 Å². The van der Waals surface area contributed by atoms with Crippen molar-refractivity contribution < 1.29 is 14.3 Å². The van der Waals surface area contributed by atoms with Gasteiger partial charge in [-0.2, -0.15) is 0 Å². The summed E-state index contributed by atoms with van der Waals surface area (Å²) in [7, 11) is 3.37. The molecule has 200 valence electrons. The molecule has 0 radical (unpaired) electrons. The number of nitrogens with two attached hydrogens (primary N) is 1. The predicted molar refractivity (Wildman–Crippen MR) is 172 cm³/mol. The zero-order valence-electron chi connectivity index (χ0n) is 22.8. The number of rotatable bonds is 4. The number of carbonyl (C=O) groups is 1. The van der Waals surface area contributed by atoms with E-state index in [1.165, 1.54) is 0 Å². The molecule has 0 saturated carbocycles. The van der Waals surface area contributed by atoms with Gasteiger partial charge >= 0.3 is 6.03 Å². The molecule has 0 heterocycles. The first-order valence-electron chi connectivity index (χ1n) is 11.8. The molecule has 8 heteroatoms. The fourth-order valence-corrected chi connectivity index (χ4v) is 5.34. The van der Waals surface area contributed by atoms with Crippen LogP contribution in [0.15, 0.2) is 54.6 Å². The van der Waals surface area contributed by atoms with Crippen LogP contribution in [-0.2, 0) is 10.8 Å².